The van der Waals surface area contributed by atoms with Gasteiger partial charge in [0.15, 0.2) is 0 Å². The van der Waals surface area contributed by atoms with Gasteiger partial charge in [-0.2, -0.15) is 0 Å². The molecule has 0 bridgehead atoms. The topological polar surface area (TPSA) is 40.5 Å². The fourth-order valence-corrected chi connectivity index (χ4v) is 3.87. The van der Waals surface area contributed by atoms with Crippen molar-refractivity contribution in [2.24, 2.45) is 5.92 Å². The van der Waals surface area contributed by atoms with Crippen LogP contribution in [-0.2, 0) is 4.79 Å². The maximum atomic E-state index is 11.6. The van der Waals surface area contributed by atoms with Gasteiger partial charge in [-0.15, -0.1) is 0 Å². The average molecular weight is 253 g/mol. The van der Waals surface area contributed by atoms with Crippen LogP contribution >= 0.6 is 0 Å². The van der Waals surface area contributed by atoms with Gasteiger partial charge in [-0.1, -0.05) is 39.0 Å². The van der Waals surface area contributed by atoms with E-state index in [4.69, 9.17) is 0 Å². The molecule has 2 fully saturated rings. The highest BCUT2D eigenvalue weighted by Gasteiger charge is 2.45. The van der Waals surface area contributed by atoms with Gasteiger partial charge in [-0.05, 0) is 44.7 Å². The molecule has 0 radical (unpaired) electrons. The Kier molecular flexibility index (Phi) is 4.66. The summed E-state index contributed by atoms with van der Waals surface area (Å²) >= 11 is 0. The van der Waals surface area contributed by atoms with Crippen LogP contribution in [0, 0.1) is 5.92 Å². The van der Waals surface area contributed by atoms with Crippen LogP contribution in [0.1, 0.15) is 64.7 Å². The van der Waals surface area contributed by atoms with E-state index in [-0.39, 0.29) is 0 Å². The third-order valence-electron chi connectivity index (χ3n) is 5.14. The summed E-state index contributed by atoms with van der Waals surface area (Å²) in [4.78, 5) is 13.8. The normalized spacial score (nSPS) is 30.7. The lowest BCUT2D eigenvalue weighted by Crippen LogP contribution is -2.50. The van der Waals surface area contributed by atoms with Crippen LogP contribution in [0.3, 0.4) is 0 Å². The van der Waals surface area contributed by atoms with Crippen molar-refractivity contribution >= 4 is 5.97 Å². The molecular weight excluding hydrogens is 226 g/mol. The minimum atomic E-state index is -0.605. The lowest BCUT2D eigenvalue weighted by Gasteiger charge is -2.35. The smallest absolute Gasteiger partial charge is 0.324 e. The van der Waals surface area contributed by atoms with E-state index >= 15 is 0 Å². The average Bonchev–Trinajstić information content (AvgIpc) is 2.81. The molecule has 1 aliphatic heterocycles. The van der Waals surface area contributed by atoms with Crippen LogP contribution in [0.25, 0.3) is 0 Å². The minimum absolute atomic E-state index is 0.547. The molecule has 1 saturated heterocycles. The Morgan fingerprint density at radius 2 is 2.00 bits per heavy atom. The van der Waals surface area contributed by atoms with Crippen molar-refractivity contribution in [3.63, 3.8) is 0 Å². The highest BCUT2D eigenvalue weighted by Crippen LogP contribution is 2.34. The molecule has 1 saturated carbocycles. The fourth-order valence-electron chi connectivity index (χ4n) is 3.87. The lowest BCUT2D eigenvalue weighted by atomic mass is 9.86. The first-order valence-corrected chi connectivity index (χ1v) is 7.67. The molecule has 0 spiro atoms. The Morgan fingerprint density at radius 3 is 2.61 bits per heavy atom. The Labute approximate surface area is 111 Å². The summed E-state index contributed by atoms with van der Waals surface area (Å²) in [5.74, 6) is 0.244. The van der Waals surface area contributed by atoms with Crippen molar-refractivity contribution in [2.75, 3.05) is 13.1 Å². The molecule has 104 valence electrons. The van der Waals surface area contributed by atoms with Gasteiger partial charge < -0.3 is 5.11 Å². The van der Waals surface area contributed by atoms with E-state index in [0.29, 0.717) is 0 Å². The van der Waals surface area contributed by atoms with Gasteiger partial charge >= 0.3 is 5.97 Å². The van der Waals surface area contributed by atoms with Gasteiger partial charge in [-0.25, -0.2) is 0 Å². The fraction of sp³-hybridized carbons (Fsp3) is 0.933. The van der Waals surface area contributed by atoms with Gasteiger partial charge in [0.25, 0.3) is 0 Å². The Balaban J connectivity index is 1.89. The summed E-state index contributed by atoms with van der Waals surface area (Å²) in [7, 11) is 0. The number of rotatable bonds is 5. The molecule has 2 rings (SSSR count). The first-order valence-electron chi connectivity index (χ1n) is 7.67. The largest absolute Gasteiger partial charge is 0.480 e. The summed E-state index contributed by atoms with van der Waals surface area (Å²) in [5.41, 5.74) is -0.547. The molecule has 2 aliphatic rings. The standard InChI is InChI=1S/C15H27NO2/c1-2-15(14(17)18)10-6-11-16(15)12-9-13-7-4-3-5-8-13/h13H,2-12H2,1H3,(H,17,18). The number of carboxylic acids is 1. The Hall–Kier alpha value is -0.570. The van der Waals surface area contributed by atoms with Gasteiger partial charge in [0.1, 0.15) is 5.54 Å². The van der Waals surface area contributed by atoms with Crippen LogP contribution in [0.5, 0.6) is 0 Å². The molecule has 1 N–H and O–H groups in total. The van der Waals surface area contributed by atoms with Crippen molar-refractivity contribution in [3.05, 3.63) is 0 Å². The number of hydrogen-bond acceptors (Lipinski definition) is 2. The van der Waals surface area contributed by atoms with Crippen molar-refractivity contribution in [3.8, 4) is 0 Å². The maximum absolute atomic E-state index is 11.6. The number of hydrogen-bond donors (Lipinski definition) is 1. The minimum Gasteiger partial charge on any atom is -0.480 e. The van der Waals surface area contributed by atoms with Crippen molar-refractivity contribution in [1.82, 2.24) is 4.90 Å². The summed E-state index contributed by atoms with van der Waals surface area (Å²) in [6.45, 7) is 3.99. The van der Waals surface area contributed by atoms with E-state index < -0.39 is 11.5 Å². The molecule has 1 unspecified atom stereocenters. The molecule has 0 aromatic carbocycles. The molecule has 1 aliphatic carbocycles. The monoisotopic (exact) mass is 253 g/mol. The Bertz CT molecular complexity index is 286. The molecular formula is C15H27NO2. The summed E-state index contributed by atoms with van der Waals surface area (Å²) in [6.07, 6.45) is 10.7. The molecule has 1 atom stereocenters. The lowest BCUT2D eigenvalue weighted by molar-refractivity contribution is -0.150. The third kappa shape index (κ3) is 2.71. The highest BCUT2D eigenvalue weighted by atomic mass is 16.4. The molecule has 18 heavy (non-hydrogen) atoms. The highest BCUT2D eigenvalue weighted by molar-refractivity contribution is 5.79. The predicted octanol–water partition coefficient (Wildman–Crippen LogP) is 3.29. The maximum Gasteiger partial charge on any atom is 0.324 e. The zero-order valence-corrected chi connectivity index (χ0v) is 11.7. The van der Waals surface area contributed by atoms with Gasteiger partial charge in [0.2, 0.25) is 0 Å². The van der Waals surface area contributed by atoms with Crippen LogP contribution in [0.15, 0.2) is 0 Å². The van der Waals surface area contributed by atoms with Crippen LogP contribution in [-0.4, -0.2) is 34.6 Å². The van der Waals surface area contributed by atoms with Gasteiger partial charge in [0.05, 0.1) is 0 Å². The number of aliphatic carboxylic acids is 1. The van der Waals surface area contributed by atoms with Crippen LogP contribution in [0.4, 0.5) is 0 Å². The molecule has 0 amide bonds. The predicted molar refractivity (Wildman–Crippen MR) is 72.7 cm³/mol. The van der Waals surface area contributed by atoms with Crippen molar-refractivity contribution < 1.29 is 9.90 Å². The number of nitrogens with zero attached hydrogens (tertiary/aromatic N) is 1. The zero-order chi connectivity index (χ0) is 13.0. The SMILES string of the molecule is CCC1(C(=O)O)CCCN1CCC1CCCCC1. The van der Waals surface area contributed by atoms with E-state index in [9.17, 15) is 9.90 Å². The number of carboxylic acid groups (broad SMARTS) is 1. The quantitative estimate of drug-likeness (QED) is 0.817. The second-order valence-corrected chi connectivity index (χ2v) is 6.07. The zero-order valence-electron chi connectivity index (χ0n) is 11.7. The van der Waals surface area contributed by atoms with E-state index in [1.54, 1.807) is 0 Å². The van der Waals surface area contributed by atoms with Crippen molar-refractivity contribution in [2.45, 2.75) is 70.3 Å². The van der Waals surface area contributed by atoms with E-state index in [2.05, 4.69) is 4.90 Å². The Morgan fingerprint density at radius 1 is 1.28 bits per heavy atom. The second kappa shape index (κ2) is 6.05. The third-order valence-corrected chi connectivity index (χ3v) is 5.14. The summed E-state index contributed by atoms with van der Waals surface area (Å²) < 4.78 is 0. The van der Waals surface area contributed by atoms with E-state index in [1.165, 1.54) is 38.5 Å². The van der Waals surface area contributed by atoms with E-state index in [0.717, 1.165) is 38.3 Å². The molecule has 3 heteroatoms. The first kappa shape index (κ1) is 13.9. The van der Waals surface area contributed by atoms with Gasteiger partial charge in [0, 0.05) is 0 Å². The number of likely N-dealkylation sites (tertiary alicyclic amines) is 1. The van der Waals surface area contributed by atoms with E-state index in [1.807, 2.05) is 6.92 Å². The summed E-state index contributed by atoms with van der Waals surface area (Å²) in [6, 6.07) is 0. The first-order chi connectivity index (χ1) is 8.69. The molecule has 1 heterocycles. The van der Waals surface area contributed by atoms with Gasteiger partial charge in [-0.3, -0.25) is 9.69 Å². The summed E-state index contributed by atoms with van der Waals surface area (Å²) in [5, 5.41) is 9.53. The number of carbonyl (C=O) groups is 1. The second-order valence-electron chi connectivity index (χ2n) is 6.07. The van der Waals surface area contributed by atoms with Crippen LogP contribution < -0.4 is 0 Å². The van der Waals surface area contributed by atoms with Crippen LogP contribution in [0.2, 0.25) is 0 Å². The molecule has 0 aromatic rings. The molecule has 3 nitrogen and oxygen atoms in total. The van der Waals surface area contributed by atoms with Crippen molar-refractivity contribution in [1.29, 1.82) is 0 Å². The molecule has 0 aromatic heterocycles.